The van der Waals surface area contributed by atoms with Gasteiger partial charge in [0.25, 0.3) is 0 Å². The third-order valence-corrected chi connectivity index (χ3v) is 7.93. The number of Topliss-reactive ketones (excluding diaryl/α,β-unsaturated/α-hetero) is 2. The monoisotopic (exact) mass is 494 g/mol. The summed E-state index contributed by atoms with van der Waals surface area (Å²) in [5, 5.41) is 22.1. The van der Waals surface area contributed by atoms with Gasteiger partial charge in [-0.2, -0.15) is 0 Å². The second kappa shape index (κ2) is 9.30. The summed E-state index contributed by atoms with van der Waals surface area (Å²) in [5.74, 6) is -0.281. The maximum absolute atomic E-state index is 13.4. The molecule has 0 amide bonds. The highest BCUT2D eigenvalue weighted by Gasteiger charge is 2.44. The van der Waals surface area contributed by atoms with E-state index in [0.29, 0.717) is 19.4 Å². The van der Waals surface area contributed by atoms with E-state index >= 15 is 0 Å². The smallest absolute Gasteiger partial charge is 0.163 e. The third kappa shape index (κ3) is 5.22. The van der Waals surface area contributed by atoms with E-state index < -0.39 is 5.92 Å². The first-order valence-electron chi connectivity index (χ1n) is 12.1. The standard InChI is InChI=1S/C29H34O5S/c1-6-34-18-9-7-17(8-10-18)23-11-12-24(35-23)27(25-19(30)13-28(2,3)14-20(25)31)26-21(32)15-29(4,5)16-22(26)33/h7-12,27,30,32H,6,13-16H2,1-5H3. The van der Waals surface area contributed by atoms with E-state index in [1.165, 1.54) is 11.3 Å². The van der Waals surface area contributed by atoms with Crippen molar-refractivity contribution in [3.8, 4) is 16.2 Å². The number of hydrogen-bond donors (Lipinski definition) is 2. The Morgan fingerprint density at radius 1 is 0.829 bits per heavy atom. The fourth-order valence-electron chi connectivity index (χ4n) is 5.23. The summed E-state index contributed by atoms with van der Waals surface area (Å²) in [6.45, 7) is 10.3. The van der Waals surface area contributed by atoms with Crippen LogP contribution in [0.25, 0.3) is 10.4 Å². The van der Waals surface area contributed by atoms with Crippen LogP contribution in [0.5, 0.6) is 5.75 Å². The van der Waals surface area contributed by atoms with Crippen LogP contribution in [-0.4, -0.2) is 28.4 Å². The fourth-order valence-corrected chi connectivity index (χ4v) is 6.37. The van der Waals surface area contributed by atoms with E-state index in [1.54, 1.807) is 0 Å². The van der Waals surface area contributed by atoms with Gasteiger partial charge in [-0.25, -0.2) is 0 Å². The zero-order chi connectivity index (χ0) is 25.5. The molecular formula is C29H34O5S. The molecule has 0 spiro atoms. The lowest BCUT2D eigenvalue weighted by Gasteiger charge is -2.36. The number of ether oxygens (including phenoxy) is 1. The summed E-state index contributed by atoms with van der Waals surface area (Å²) >= 11 is 1.47. The Labute approximate surface area is 211 Å². The summed E-state index contributed by atoms with van der Waals surface area (Å²) in [6.07, 6.45) is 1.28. The number of aliphatic hydroxyl groups excluding tert-OH is 2. The van der Waals surface area contributed by atoms with E-state index in [0.717, 1.165) is 21.1 Å². The van der Waals surface area contributed by atoms with Crippen molar-refractivity contribution in [3.63, 3.8) is 0 Å². The van der Waals surface area contributed by atoms with Crippen LogP contribution >= 0.6 is 11.3 Å². The molecule has 1 aromatic carbocycles. The zero-order valence-corrected chi connectivity index (χ0v) is 21.9. The summed E-state index contributed by atoms with van der Waals surface area (Å²) in [5.41, 5.74) is 0.783. The van der Waals surface area contributed by atoms with Crippen molar-refractivity contribution in [2.45, 2.75) is 66.2 Å². The molecule has 0 atom stereocenters. The van der Waals surface area contributed by atoms with Crippen molar-refractivity contribution in [1.29, 1.82) is 0 Å². The van der Waals surface area contributed by atoms with Crippen LogP contribution in [0.1, 0.15) is 71.1 Å². The van der Waals surface area contributed by atoms with Crippen molar-refractivity contribution in [2.75, 3.05) is 6.61 Å². The average molecular weight is 495 g/mol. The number of thiophene rings is 1. The first-order chi connectivity index (χ1) is 16.4. The van der Waals surface area contributed by atoms with E-state index in [9.17, 15) is 19.8 Å². The minimum Gasteiger partial charge on any atom is -0.512 e. The predicted molar refractivity (Wildman–Crippen MR) is 139 cm³/mol. The minimum atomic E-state index is -0.774. The van der Waals surface area contributed by atoms with Crippen LogP contribution in [0.15, 0.2) is 59.1 Å². The molecule has 5 nitrogen and oxygen atoms in total. The Morgan fingerprint density at radius 3 is 1.80 bits per heavy atom. The van der Waals surface area contributed by atoms with Gasteiger partial charge < -0.3 is 14.9 Å². The number of ketones is 2. The Balaban J connectivity index is 1.83. The topological polar surface area (TPSA) is 83.8 Å². The molecule has 0 saturated carbocycles. The summed E-state index contributed by atoms with van der Waals surface area (Å²) in [4.78, 5) is 28.4. The molecule has 2 aliphatic carbocycles. The molecule has 0 unspecified atom stereocenters. The number of allylic oxidation sites excluding steroid dienone is 4. The van der Waals surface area contributed by atoms with Gasteiger partial charge in [-0.3, -0.25) is 9.59 Å². The Hall–Kier alpha value is -2.86. The van der Waals surface area contributed by atoms with Gasteiger partial charge in [-0.05, 0) is 59.7 Å². The Bertz CT molecular complexity index is 1160. The molecule has 2 aliphatic rings. The average Bonchev–Trinajstić information content (AvgIpc) is 3.20. The maximum atomic E-state index is 13.4. The molecule has 0 saturated heterocycles. The molecule has 186 valence electrons. The van der Waals surface area contributed by atoms with E-state index in [-0.39, 0.29) is 57.9 Å². The highest BCUT2D eigenvalue weighted by molar-refractivity contribution is 7.15. The van der Waals surface area contributed by atoms with Crippen molar-refractivity contribution < 1.29 is 24.5 Å². The van der Waals surface area contributed by atoms with Gasteiger partial charge >= 0.3 is 0 Å². The van der Waals surface area contributed by atoms with Gasteiger partial charge in [0, 0.05) is 46.6 Å². The molecule has 2 aromatic rings. The van der Waals surface area contributed by atoms with Gasteiger partial charge in [0.1, 0.15) is 17.3 Å². The molecule has 2 N–H and O–H groups in total. The van der Waals surface area contributed by atoms with Crippen LogP contribution in [-0.2, 0) is 9.59 Å². The molecule has 4 rings (SSSR count). The molecule has 0 fully saturated rings. The largest absolute Gasteiger partial charge is 0.512 e. The number of carbonyl (C=O) groups excluding carboxylic acids is 2. The molecule has 35 heavy (non-hydrogen) atoms. The number of aliphatic hydroxyl groups is 2. The molecule has 1 heterocycles. The fraction of sp³-hybridized carbons (Fsp3) is 0.448. The van der Waals surface area contributed by atoms with Crippen molar-refractivity contribution in [2.24, 2.45) is 10.8 Å². The van der Waals surface area contributed by atoms with Crippen molar-refractivity contribution in [1.82, 2.24) is 0 Å². The number of rotatable bonds is 6. The van der Waals surface area contributed by atoms with Gasteiger partial charge in [0.15, 0.2) is 11.6 Å². The summed E-state index contributed by atoms with van der Waals surface area (Å²) < 4.78 is 5.54. The highest BCUT2D eigenvalue weighted by atomic mass is 32.1. The summed E-state index contributed by atoms with van der Waals surface area (Å²) in [7, 11) is 0. The van der Waals surface area contributed by atoms with Crippen LogP contribution in [0.2, 0.25) is 0 Å². The molecule has 0 aliphatic heterocycles. The van der Waals surface area contributed by atoms with Crippen LogP contribution in [0.3, 0.4) is 0 Å². The second-order valence-electron chi connectivity index (χ2n) is 11.2. The van der Waals surface area contributed by atoms with Crippen LogP contribution in [0, 0.1) is 10.8 Å². The number of hydrogen-bond acceptors (Lipinski definition) is 6. The molecule has 6 heteroatoms. The lowest BCUT2D eigenvalue weighted by Crippen LogP contribution is -2.33. The van der Waals surface area contributed by atoms with Crippen LogP contribution in [0.4, 0.5) is 0 Å². The molecule has 1 aromatic heterocycles. The van der Waals surface area contributed by atoms with E-state index in [2.05, 4.69) is 0 Å². The van der Waals surface area contributed by atoms with E-state index in [4.69, 9.17) is 4.74 Å². The zero-order valence-electron chi connectivity index (χ0n) is 21.1. The quantitative estimate of drug-likeness (QED) is 0.440. The Kier molecular flexibility index (Phi) is 6.71. The first-order valence-corrected chi connectivity index (χ1v) is 13.0. The normalized spacial score (nSPS) is 20.1. The number of benzene rings is 1. The molecule has 0 radical (unpaired) electrons. The van der Waals surface area contributed by atoms with Gasteiger partial charge in [-0.15, -0.1) is 11.3 Å². The van der Waals surface area contributed by atoms with Crippen LogP contribution < -0.4 is 4.74 Å². The van der Waals surface area contributed by atoms with Gasteiger partial charge in [-0.1, -0.05) is 27.7 Å². The highest BCUT2D eigenvalue weighted by Crippen LogP contribution is 2.49. The van der Waals surface area contributed by atoms with Crippen molar-refractivity contribution in [3.05, 3.63) is 63.9 Å². The lowest BCUT2D eigenvalue weighted by molar-refractivity contribution is -0.119. The third-order valence-electron chi connectivity index (χ3n) is 6.73. The Morgan fingerprint density at radius 2 is 1.34 bits per heavy atom. The minimum absolute atomic E-state index is 0.0187. The second-order valence-corrected chi connectivity index (χ2v) is 12.3. The lowest BCUT2D eigenvalue weighted by atomic mass is 9.68. The predicted octanol–water partition coefficient (Wildman–Crippen LogP) is 7.30. The first kappa shape index (κ1) is 25.2. The molecule has 0 bridgehead atoms. The number of carbonyl (C=O) groups is 2. The van der Waals surface area contributed by atoms with Gasteiger partial charge in [0.2, 0.25) is 0 Å². The summed E-state index contributed by atoms with van der Waals surface area (Å²) in [6, 6.07) is 11.7. The SMILES string of the molecule is CCOc1ccc(-c2ccc(C(C3=C(O)CC(C)(C)CC3=O)C3=C(O)CC(C)(C)CC3=O)s2)cc1. The maximum Gasteiger partial charge on any atom is 0.163 e. The van der Waals surface area contributed by atoms with Gasteiger partial charge in [0.05, 0.1) is 12.5 Å². The molecular weight excluding hydrogens is 460 g/mol. The van der Waals surface area contributed by atoms with Crippen molar-refractivity contribution >= 4 is 22.9 Å². The van der Waals surface area contributed by atoms with E-state index in [1.807, 2.05) is 71.0 Å².